The number of aryl methyl sites for hydroxylation is 1. The van der Waals surface area contributed by atoms with Crippen LogP contribution in [0.25, 0.3) is 0 Å². The van der Waals surface area contributed by atoms with E-state index in [1.165, 1.54) is 16.8 Å². The van der Waals surface area contributed by atoms with Gasteiger partial charge in [-0.1, -0.05) is 62.7 Å². The van der Waals surface area contributed by atoms with Gasteiger partial charge in [0, 0.05) is 30.5 Å². The molecule has 0 saturated carbocycles. The molecule has 2 aromatic carbocycles. The fourth-order valence-corrected chi connectivity index (χ4v) is 3.39. The third-order valence-electron chi connectivity index (χ3n) is 5.15. The Balaban J connectivity index is 1.77. The van der Waals surface area contributed by atoms with Gasteiger partial charge < -0.3 is 9.47 Å². The number of rotatable bonds is 9. The van der Waals surface area contributed by atoms with Crippen LogP contribution in [0, 0.1) is 0 Å². The third kappa shape index (κ3) is 5.13. The first-order valence-corrected chi connectivity index (χ1v) is 10.3. The summed E-state index contributed by atoms with van der Waals surface area (Å²) in [6.45, 7) is 6.53. The van der Waals surface area contributed by atoms with E-state index in [1.807, 2.05) is 23.1 Å². The van der Waals surface area contributed by atoms with Crippen LogP contribution >= 0.6 is 0 Å². The molecule has 0 aliphatic rings. The molecular weight excluding hydrogens is 344 g/mol. The molecule has 3 nitrogen and oxygen atoms in total. The molecule has 1 heterocycles. The van der Waals surface area contributed by atoms with Gasteiger partial charge in [-0.15, -0.1) is 0 Å². The highest BCUT2D eigenvalue weighted by molar-refractivity contribution is 5.94. The van der Waals surface area contributed by atoms with Gasteiger partial charge in [0.15, 0.2) is 0 Å². The van der Waals surface area contributed by atoms with Crippen LogP contribution in [-0.2, 0) is 19.5 Å². The topological polar surface area (TPSA) is 25.2 Å². The van der Waals surface area contributed by atoms with Gasteiger partial charge in [-0.05, 0) is 48.2 Å². The highest BCUT2D eigenvalue weighted by atomic mass is 16.2. The lowest BCUT2D eigenvalue weighted by Gasteiger charge is -2.24. The highest BCUT2D eigenvalue weighted by Gasteiger charge is 2.17. The zero-order valence-corrected chi connectivity index (χ0v) is 17.0. The molecule has 0 aliphatic heterocycles. The standard InChI is InChI=1S/C25H30N2O/c1-3-5-17-27(25(28)23-15-13-21(4-2)14-16-23)20-24-12-9-18-26(24)19-22-10-7-6-8-11-22/h6-16,18H,3-5,17,19-20H2,1-2H3. The number of benzene rings is 2. The maximum atomic E-state index is 13.2. The van der Waals surface area contributed by atoms with E-state index in [9.17, 15) is 4.79 Å². The second-order valence-corrected chi connectivity index (χ2v) is 7.24. The Morgan fingerprint density at radius 3 is 2.32 bits per heavy atom. The van der Waals surface area contributed by atoms with Crippen LogP contribution in [0.4, 0.5) is 0 Å². The van der Waals surface area contributed by atoms with Gasteiger partial charge in [0.1, 0.15) is 0 Å². The summed E-state index contributed by atoms with van der Waals surface area (Å²) in [4.78, 5) is 15.2. The van der Waals surface area contributed by atoms with Crippen molar-refractivity contribution in [2.75, 3.05) is 6.54 Å². The molecule has 3 rings (SSSR count). The van der Waals surface area contributed by atoms with Gasteiger partial charge in [-0.3, -0.25) is 4.79 Å². The minimum absolute atomic E-state index is 0.114. The second kappa shape index (κ2) is 9.93. The van der Waals surface area contributed by atoms with Gasteiger partial charge in [-0.2, -0.15) is 0 Å². The van der Waals surface area contributed by atoms with E-state index in [4.69, 9.17) is 0 Å². The van der Waals surface area contributed by atoms with E-state index >= 15 is 0 Å². The van der Waals surface area contributed by atoms with E-state index in [-0.39, 0.29) is 5.91 Å². The summed E-state index contributed by atoms with van der Waals surface area (Å²) in [6.07, 6.45) is 5.17. The zero-order chi connectivity index (χ0) is 19.8. The lowest BCUT2D eigenvalue weighted by atomic mass is 10.1. The summed E-state index contributed by atoms with van der Waals surface area (Å²) < 4.78 is 2.24. The minimum Gasteiger partial charge on any atom is -0.345 e. The van der Waals surface area contributed by atoms with Gasteiger partial charge in [0.2, 0.25) is 0 Å². The maximum Gasteiger partial charge on any atom is 0.254 e. The highest BCUT2D eigenvalue weighted by Crippen LogP contribution is 2.15. The molecule has 0 atom stereocenters. The Kier molecular flexibility index (Phi) is 7.07. The monoisotopic (exact) mass is 374 g/mol. The number of unbranched alkanes of at least 4 members (excludes halogenated alkanes) is 1. The van der Waals surface area contributed by atoms with Gasteiger partial charge in [-0.25, -0.2) is 0 Å². The Labute approximate surface area is 168 Å². The number of aromatic nitrogens is 1. The minimum atomic E-state index is 0.114. The predicted octanol–water partition coefficient (Wildman–Crippen LogP) is 5.54. The maximum absolute atomic E-state index is 13.2. The van der Waals surface area contributed by atoms with Crippen LogP contribution in [0.1, 0.15) is 53.9 Å². The van der Waals surface area contributed by atoms with E-state index in [1.54, 1.807) is 0 Å². The summed E-state index contributed by atoms with van der Waals surface area (Å²) in [5.74, 6) is 0.114. The van der Waals surface area contributed by atoms with Gasteiger partial charge in [0.25, 0.3) is 5.91 Å². The summed E-state index contributed by atoms with van der Waals surface area (Å²) in [6, 6.07) is 22.7. The molecule has 1 amide bonds. The molecule has 0 spiro atoms. The number of hydrogen-bond donors (Lipinski definition) is 0. The molecule has 1 aromatic heterocycles. The smallest absolute Gasteiger partial charge is 0.254 e. The fourth-order valence-electron chi connectivity index (χ4n) is 3.39. The average Bonchev–Trinajstić information content (AvgIpc) is 3.18. The SMILES string of the molecule is CCCCN(Cc1cccn1Cc1ccccc1)C(=O)c1ccc(CC)cc1. The number of carbonyl (C=O) groups is 1. The fraction of sp³-hybridized carbons (Fsp3) is 0.320. The molecule has 0 bridgehead atoms. The normalized spacial score (nSPS) is 10.8. The quantitative estimate of drug-likeness (QED) is 0.483. The molecule has 146 valence electrons. The zero-order valence-electron chi connectivity index (χ0n) is 17.0. The Bertz CT molecular complexity index is 865. The van der Waals surface area contributed by atoms with Crippen LogP contribution in [0.3, 0.4) is 0 Å². The third-order valence-corrected chi connectivity index (χ3v) is 5.15. The number of nitrogens with zero attached hydrogens (tertiary/aromatic N) is 2. The van der Waals surface area contributed by atoms with E-state index in [2.05, 4.69) is 73.1 Å². The van der Waals surface area contributed by atoms with Crippen LogP contribution < -0.4 is 0 Å². The lowest BCUT2D eigenvalue weighted by molar-refractivity contribution is 0.0737. The second-order valence-electron chi connectivity index (χ2n) is 7.24. The lowest BCUT2D eigenvalue weighted by Crippen LogP contribution is -2.32. The van der Waals surface area contributed by atoms with Crippen molar-refractivity contribution in [3.8, 4) is 0 Å². The summed E-state index contributed by atoms with van der Waals surface area (Å²) in [7, 11) is 0. The van der Waals surface area contributed by atoms with Crippen molar-refractivity contribution in [1.82, 2.24) is 9.47 Å². The summed E-state index contributed by atoms with van der Waals surface area (Å²) in [5, 5.41) is 0. The van der Waals surface area contributed by atoms with Gasteiger partial charge in [0.05, 0.1) is 6.54 Å². The number of hydrogen-bond acceptors (Lipinski definition) is 1. The molecule has 3 heteroatoms. The molecule has 0 unspecified atom stereocenters. The number of carbonyl (C=O) groups excluding carboxylic acids is 1. The number of amides is 1. The largest absolute Gasteiger partial charge is 0.345 e. The molecule has 0 fully saturated rings. The van der Waals surface area contributed by atoms with Crippen LogP contribution in [0.2, 0.25) is 0 Å². The van der Waals surface area contributed by atoms with Crippen molar-refractivity contribution in [2.45, 2.75) is 46.2 Å². The van der Waals surface area contributed by atoms with Crippen molar-refractivity contribution < 1.29 is 4.79 Å². The van der Waals surface area contributed by atoms with Crippen molar-refractivity contribution in [3.05, 3.63) is 95.3 Å². The Hall–Kier alpha value is -2.81. The Morgan fingerprint density at radius 1 is 0.893 bits per heavy atom. The average molecular weight is 375 g/mol. The van der Waals surface area contributed by atoms with E-state index < -0.39 is 0 Å². The van der Waals surface area contributed by atoms with Gasteiger partial charge >= 0.3 is 0 Å². The molecular formula is C25H30N2O. The van der Waals surface area contributed by atoms with Crippen molar-refractivity contribution in [1.29, 1.82) is 0 Å². The van der Waals surface area contributed by atoms with Crippen molar-refractivity contribution >= 4 is 5.91 Å². The van der Waals surface area contributed by atoms with E-state index in [0.717, 1.165) is 37.9 Å². The van der Waals surface area contributed by atoms with E-state index in [0.29, 0.717) is 6.54 Å². The molecule has 0 saturated heterocycles. The first-order valence-electron chi connectivity index (χ1n) is 10.3. The Morgan fingerprint density at radius 2 is 1.64 bits per heavy atom. The molecule has 0 aliphatic carbocycles. The predicted molar refractivity (Wildman–Crippen MR) is 115 cm³/mol. The van der Waals surface area contributed by atoms with Crippen LogP contribution in [0.5, 0.6) is 0 Å². The first kappa shape index (κ1) is 19.9. The molecule has 0 radical (unpaired) electrons. The summed E-state index contributed by atoms with van der Waals surface area (Å²) in [5.41, 5.74) is 4.46. The van der Waals surface area contributed by atoms with Crippen molar-refractivity contribution in [2.24, 2.45) is 0 Å². The molecule has 3 aromatic rings. The summed E-state index contributed by atoms with van der Waals surface area (Å²) >= 11 is 0. The first-order chi connectivity index (χ1) is 13.7. The van der Waals surface area contributed by atoms with Crippen LogP contribution in [0.15, 0.2) is 72.9 Å². The van der Waals surface area contributed by atoms with Crippen molar-refractivity contribution in [3.63, 3.8) is 0 Å². The molecule has 28 heavy (non-hydrogen) atoms. The molecule has 0 N–H and O–H groups in total. The van der Waals surface area contributed by atoms with Crippen LogP contribution in [-0.4, -0.2) is 21.9 Å².